The van der Waals surface area contributed by atoms with E-state index in [0.717, 1.165) is 22.6 Å². The summed E-state index contributed by atoms with van der Waals surface area (Å²) in [6.45, 7) is 2.83. The molecular weight excluding hydrogens is 322 g/mol. The Morgan fingerprint density at radius 2 is 2.12 bits per heavy atom. The van der Waals surface area contributed by atoms with Gasteiger partial charge in [-0.05, 0) is 19.1 Å². The number of amides is 1. The zero-order valence-corrected chi connectivity index (χ0v) is 14.5. The molecular formula is C18H23N3O4. The van der Waals surface area contributed by atoms with Crippen LogP contribution in [0.4, 0.5) is 5.82 Å². The van der Waals surface area contributed by atoms with E-state index < -0.39 is 5.60 Å². The average molecular weight is 345 g/mol. The number of carbonyl (C=O) groups excluding carboxylic acids is 1. The highest BCUT2D eigenvalue weighted by atomic mass is 16.5. The summed E-state index contributed by atoms with van der Waals surface area (Å²) in [6, 6.07) is 7.60. The summed E-state index contributed by atoms with van der Waals surface area (Å²) in [5.41, 5.74) is 1.48. The second-order valence-corrected chi connectivity index (χ2v) is 6.33. The van der Waals surface area contributed by atoms with E-state index in [-0.39, 0.29) is 12.3 Å². The maximum atomic E-state index is 12.3. The van der Waals surface area contributed by atoms with Crippen LogP contribution in [0, 0.1) is 6.92 Å². The Labute approximate surface area is 146 Å². The third-order valence-electron chi connectivity index (χ3n) is 4.56. The van der Waals surface area contributed by atoms with E-state index in [9.17, 15) is 9.90 Å². The van der Waals surface area contributed by atoms with Crippen LogP contribution in [0.15, 0.2) is 24.3 Å². The third kappa shape index (κ3) is 3.83. The van der Waals surface area contributed by atoms with Crippen molar-refractivity contribution < 1.29 is 19.4 Å². The average Bonchev–Trinajstić information content (AvgIpc) is 2.95. The number of para-hydroxylation sites is 1. The number of hydrogen-bond acceptors (Lipinski definition) is 5. The number of hydrogen-bond donors (Lipinski definition) is 3. The first-order valence-electron chi connectivity index (χ1n) is 8.31. The summed E-state index contributed by atoms with van der Waals surface area (Å²) in [5, 5.41) is 20.4. The molecule has 1 fully saturated rings. The number of aromatic amines is 1. The highest BCUT2D eigenvalue weighted by molar-refractivity contribution is 5.92. The van der Waals surface area contributed by atoms with Crippen LogP contribution in [-0.2, 0) is 9.53 Å². The van der Waals surface area contributed by atoms with Gasteiger partial charge in [-0.25, -0.2) is 0 Å². The van der Waals surface area contributed by atoms with Crippen LogP contribution in [-0.4, -0.2) is 47.1 Å². The minimum absolute atomic E-state index is 0.0344. The number of carbonyl (C=O) groups is 1. The Morgan fingerprint density at radius 1 is 1.40 bits per heavy atom. The fourth-order valence-electron chi connectivity index (χ4n) is 3.04. The minimum atomic E-state index is -1.00. The molecule has 7 heteroatoms. The van der Waals surface area contributed by atoms with Gasteiger partial charge in [-0.3, -0.25) is 9.89 Å². The number of benzene rings is 1. The smallest absolute Gasteiger partial charge is 0.228 e. The molecule has 134 valence electrons. The van der Waals surface area contributed by atoms with Gasteiger partial charge < -0.3 is 19.9 Å². The van der Waals surface area contributed by atoms with Gasteiger partial charge in [-0.1, -0.05) is 12.1 Å². The highest BCUT2D eigenvalue weighted by Gasteiger charge is 2.32. The molecule has 0 saturated carbocycles. The monoisotopic (exact) mass is 345 g/mol. The van der Waals surface area contributed by atoms with Crippen LogP contribution in [0.1, 0.15) is 24.8 Å². The Bertz CT molecular complexity index is 751. The fraction of sp³-hybridized carbons (Fsp3) is 0.444. The summed E-state index contributed by atoms with van der Waals surface area (Å²) >= 11 is 0. The first-order chi connectivity index (χ1) is 12.0. The van der Waals surface area contributed by atoms with Crippen LogP contribution in [0.2, 0.25) is 0 Å². The molecule has 25 heavy (non-hydrogen) atoms. The van der Waals surface area contributed by atoms with Crippen molar-refractivity contribution in [3.05, 3.63) is 29.8 Å². The molecule has 7 nitrogen and oxygen atoms in total. The van der Waals surface area contributed by atoms with Crippen molar-refractivity contribution in [3.63, 3.8) is 0 Å². The Hall–Kier alpha value is -2.38. The predicted molar refractivity (Wildman–Crippen MR) is 93.6 cm³/mol. The van der Waals surface area contributed by atoms with E-state index in [2.05, 4.69) is 15.5 Å². The number of ether oxygens (including phenoxy) is 2. The van der Waals surface area contributed by atoms with Crippen LogP contribution in [0.25, 0.3) is 11.3 Å². The number of nitrogens with one attached hydrogen (secondary N) is 2. The molecule has 1 aromatic heterocycles. The lowest BCUT2D eigenvalue weighted by Gasteiger charge is -2.31. The number of aliphatic hydroxyl groups is 1. The molecule has 2 aromatic rings. The predicted octanol–water partition coefficient (Wildman–Crippen LogP) is 2.26. The van der Waals surface area contributed by atoms with Crippen LogP contribution < -0.4 is 10.1 Å². The summed E-state index contributed by atoms with van der Waals surface area (Å²) < 4.78 is 10.6. The number of H-pyrrole nitrogens is 1. The molecule has 0 bridgehead atoms. The largest absolute Gasteiger partial charge is 0.496 e. The zero-order chi connectivity index (χ0) is 17.9. The van der Waals surface area contributed by atoms with Crippen LogP contribution >= 0.6 is 0 Å². The molecule has 0 aliphatic carbocycles. The van der Waals surface area contributed by atoms with Gasteiger partial charge in [-0.2, -0.15) is 5.10 Å². The van der Waals surface area contributed by atoms with Gasteiger partial charge in [0.2, 0.25) is 5.91 Å². The standard InChI is InChI=1S/C18H23N3O4/c1-12-16(13-5-3-4-6-14(13)24-2)20-21-17(12)19-15(22)11-18(23)7-9-25-10-8-18/h3-6,23H,7-11H2,1-2H3,(H2,19,20,21,22). The van der Waals surface area contributed by atoms with Crippen molar-refractivity contribution >= 4 is 11.7 Å². The number of nitrogens with zero attached hydrogens (tertiary/aromatic N) is 1. The fourth-order valence-corrected chi connectivity index (χ4v) is 3.04. The number of rotatable bonds is 5. The van der Waals surface area contributed by atoms with E-state index in [1.165, 1.54) is 0 Å². The lowest BCUT2D eigenvalue weighted by atomic mass is 9.90. The third-order valence-corrected chi connectivity index (χ3v) is 4.56. The molecule has 0 spiro atoms. The van der Waals surface area contributed by atoms with E-state index >= 15 is 0 Å². The first kappa shape index (κ1) is 17.4. The minimum Gasteiger partial charge on any atom is -0.496 e. The molecule has 1 amide bonds. The molecule has 0 atom stereocenters. The summed E-state index contributed by atoms with van der Waals surface area (Å²) in [5.74, 6) is 0.927. The van der Waals surface area contributed by atoms with E-state index in [4.69, 9.17) is 9.47 Å². The van der Waals surface area contributed by atoms with Crippen molar-refractivity contribution in [1.82, 2.24) is 10.2 Å². The molecule has 3 N–H and O–H groups in total. The number of methoxy groups -OCH3 is 1. The van der Waals surface area contributed by atoms with Gasteiger partial charge in [-0.15, -0.1) is 0 Å². The Balaban J connectivity index is 1.74. The van der Waals surface area contributed by atoms with Gasteiger partial charge in [0, 0.05) is 37.2 Å². The number of anilines is 1. The highest BCUT2D eigenvalue weighted by Crippen LogP contribution is 2.33. The molecule has 1 aliphatic heterocycles. The molecule has 1 aliphatic rings. The molecule has 1 saturated heterocycles. The van der Waals surface area contributed by atoms with Crippen molar-refractivity contribution in [3.8, 4) is 17.0 Å². The van der Waals surface area contributed by atoms with Gasteiger partial charge in [0.15, 0.2) is 5.82 Å². The summed E-state index contributed by atoms with van der Waals surface area (Å²) in [6.07, 6.45) is 0.964. The van der Waals surface area contributed by atoms with E-state index in [0.29, 0.717) is 31.9 Å². The maximum absolute atomic E-state index is 12.3. The maximum Gasteiger partial charge on any atom is 0.228 e. The second-order valence-electron chi connectivity index (χ2n) is 6.33. The van der Waals surface area contributed by atoms with Crippen LogP contribution in [0.5, 0.6) is 5.75 Å². The Morgan fingerprint density at radius 3 is 2.84 bits per heavy atom. The van der Waals surface area contributed by atoms with E-state index in [1.54, 1.807) is 7.11 Å². The second kappa shape index (κ2) is 7.25. The van der Waals surface area contributed by atoms with Crippen molar-refractivity contribution in [1.29, 1.82) is 0 Å². The van der Waals surface area contributed by atoms with Crippen molar-refractivity contribution in [2.75, 3.05) is 25.6 Å². The van der Waals surface area contributed by atoms with Gasteiger partial charge >= 0.3 is 0 Å². The lowest BCUT2D eigenvalue weighted by Crippen LogP contribution is -2.39. The van der Waals surface area contributed by atoms with E-state index in [1.807, 2.05) is 31.2 Å². The molecule has 2 heterocycles. The number of aromatic nitrogens is 2. The summed E-state index contributed by atoms with van der Waals surface area (Å²) in [4.78, 5) is 12.3. The molecule has 1 aromatic carbocycles. The SMILES string of the molecule is COc1ccccc1-c1[nH]nc(NC(=O)CC2(O)CCOCC2)c1C. The first-order valence-corrected chi connectivity index (χ1v) is 8.31. The van der Waals surface area contributed by atoms with Crippen LogP contribution in [0.3, 0.4) is 0 Å². The Kier molecular flexibility index (Phi) is 5.06. The van der Waals surface area contributed by atoms with Crippen molar-refractivity contribution in [2.45, 2.75) is 31.8 Å². The quantitative estimate of drug-likeness (QED) is 0.772. The van der Waals surface area contributed by atoms with Crippen molar-refractivity contribution in [2.24, 2.45) is 0 Å². The topological polar surface area (TPSA) is 96.5 Å². The van der Waals surface area contributed by atoms with Gasteiger partial charge in [0.1, 0.15) is 5.75 Å². The zero-order valence-electron chi connectivity index (χ0n) is 14.5. The van der Waals surface area contributed by atoms with Gasteiger partial charge in [0.25, 0.3) is 0 Å². The van der Waals surface area contributed by atoms with Gasteiger partial charge in [0.05, 0.1) is 24.8 Å². The normalized spacial score (nSPS) is 16.4. The lowest BCUT2D eigenvalue weighted by molar-refractivity contribution is -0.126. The summed E-state index contributed by atoms with van der Waals surface area (Å²) in [7, 11) is 1.61. The molecule has 0 radical (unpaired) electrons. The molecule has 0 unspecified atom stereocenters. The molecule has 3 rings (SSSR count).